The molecule has 0 radical (unpaired) electrons. The standard InChI is InChI=1S/C24H21NO6S/c1-16-14-19(30-2)11-13-23(16)32(28,29)25-21-7-5-4-6-18(21)10-8-17-9-12-20(24(26)27)22(15-17)31-3/h4-7,9,11-15,25H,1-3H3,(H,26,27). The molecule has 2 N–H and O–H groups in total. The molecule has 0 fully saturated rings. The van der Waals surface area contributed by atoms with Gasteiger partial charge >= 0.3 is 5.97 Å². The summed E-state index contributed by atoms with van der Waals surface area (Å²) in [6.45, 7) is 1.69. The zero-order valence-electron chi connectivity index (χ0n) is 17.7. The van der Waals surface area contributed by atoms with Crippen molar-refractivity contribution >= 4 is 21.7 Å². The molecule has 0 saturated heterocycles. The Morgan fingerprint density at radius 1 is 0.969 bits per heavy atom. The Labute approximate surface area is 186 Å². The number of anilines is 1. The fraction of sp³-hybridized carbons (Fsp3) is 0.125. The van der Waals surface area contributed by atoms with Crippen LogP contribution in [0.2, 0.25) is 0 Å². The van der Waals surface area contributed by atoms with Gasteiger partial charge in [-0.15, -0.1) is 0 Å². The van der Waals surface area contributed by atoms with Crippen molar-refractivity contribution in [2.45, 2.75) is 11.8 Å². The fourth-order valence-electron chi connectivity index (χ4n) is 3.02. The molecule has 0 unspecified atom stereocenters. The zero-order chi connectivity index (χ0) is 23.3. The summed E-state index contributed by atoms with van der Waals surface area (Å²) >= 11 is 0. The molecule has 0 bridgehead atoms. The number of carbonyl (C=O) groups is 1. The van der Waals surface area contributed by atoms with Crippen LogP contribution in [-0.2, 0) is 10.0 Å². The monoisotopic (exact) mass is 451 g/mol. The molecule has 0 spiro atoms. The number of carboxylic acid groups (broad SMARTS) is 1. The lowest BCUT2D eigenvalue weighted by Gasteiger charge is -2.12. The van der Waals surface area contributed by atoms with E-state index < -0.39 is 16.0 Å². The van der Waals surface area contributed by atoms with Gasteiger partial charge in [0, 0.05) is 11.1 Å². The van der Waals surface area contributed by atoms with Crippen molar-refractivity contribution in [3.8, 4) is 23.3 Å². The van der Waals surface area contributed by atoms with Crippen LogP contribution in [0.5, 0.6) is 11.5 Å². The Kier molecular flexibility index (Phi) is 6.71. The van der Waals surface area contributed by atoms with Crippen LogP contribution in [0.1, 0.15) is 27.0 Å². The van der Waals surface area contributed by atoms with Gasteiger partial charge < -0.3 is 14.6 Å². The van der Waals surface area contributed by atoms with E-state index in [1.807, 2.05) is 0 Å². The maximum Gasteiger partial charge on any atom is 0.339 e. The highest BCUT2D eigenvalue weighted by Gasteiger charge is 2.18. The van der Waals surface area contributed by atoms with Gasteiger partial charge in [-0.1, -0.05) is 24.0 Å². The van der Waals surface area contributed by atoms with Gasteiger partial charge in [-0.05, 0) is 61.0 Å². The lowest BCUT2D eigenvalue weighted by atomic mass is 10.1. The summed E-state index contributed by atoms with van der Waals surface area (Å²) in [6.07, 6.45) is 0. The molecule has 3 aromatic rings. The van der Waals surface area contributed by atoms with Crippen molar-refractivity contribution in [3.05, 3.63) is 82.9 Å². The van der Waals surface area contributed by atoms with Crippen LogP contribution in [0.4, 0.5) is 5.69 Å². The molecular formula is C24H21NO6S. The van der Waals surface area contributed by atoms with E-state index in [0.717, 1.165) is 0 Å². The summed E-state index contributed by atoms with van der Waals surface area (Å²) in [7, 11) is -0.965. The Morgan fingerprint density at radius 3 is 2.38 bits per heavy atom. The van der Waals surface area contributed by atoms with Crippen molar-refractivity contribution in [1.82, 2.24) is 0 Å². The van der Waals surface area contributed by atoms with Crippen LogP contribution in [0.3, 0.4) is 0 Å². The number of hydrogen-bond donors (Lipinski definition) is 2. The Hall–Kier alpha value is -3.96. The molecule has 0 saturated carbocycles. The first-order valence-corrected chi connectivity index (χ1v) is 10.9. The second kappa shape index (κ2) is 9.45. The lowest BCUT2D eigenvalue weighted by molar-refractivity contribution is 0.0693. The number of para-hydroxylation sites is 1. The number of methoxy groups -OCH3 is 2. The molecule has 0 aliphatic heterocycles. The minimum Gasteiger partial charge on any atom is -0.497 e. The van der Waals surface area contributed by atoms with Crippen molar-refractivity contribution in [1.29, 1.82) is 0 Å². The second-order valence-electron chi connectivity index (χ2n) is 6.75. The van der Waals surface area contributed by atoms with Crippen molar-refractivity contribution in [2.75, 3.05) is 18.9 Å². The molecule has 0 amide bonds. The summed E-state index contributed by atoms with van der Waals surface area (Å²) < 4.78 is 38.8. The number of aryl methyl sites for hydroxylation is 1. The molecule has 3 aromatic carbocycles. The molecular weight excluding hydrogens is 430 g/mol. The Balaban J connectivity index is 1.94. The number of aromatic carboxylic acids is 1. The van der Waals surface area contributed by atoms with Crippen LogP contribution in [0.15, 0.2) is 65.6 Å². The molecule has 0 atom stereocenters. The average Bonchev–Trinajstić information content (AvgIpc) is 2.77. The Morgan fingerprint density at radius 2 is 1.72 bits per heavy atom. The SMILES string of the molecule is COc1ccc(S(=O)(=O)Nc2ccccc2C#Cc2ccc(C(=O)O)c(OC)c2)c(C)c1. The molecule has 32 heavy (non-hydrogen) atoms. The largest absolute Gasteiger partial charge is 0.497 e. The quantitative estimate of drug-likeness (QED) is 0.551. The third-order valence-corrected chi connectivity index (χ3v) is 6.14. The maximum atomic E-state index is 13.0. The number of rotatable bonds is 6. The first-order chi connectivity index (χ1) is 15.2. The average molecular weight is 452 g/mol. The van der Waals surface area contributed by atoms with E-state index in [9.17, 15) is 18.3 Å². The van der Waals surface area contributed by atoms with Crippen LogP contribution in [0.25, 0.3) is 0 Å². The second-order valence-corrected chi connectivity index (χ2v) is 8.40. The Bertz CT molecular complexity index is 1340. The molecule has 3 rings (SSSR count). The first-order valence-electron chi connectivity index (χ1n) is 9.45. The molecule has 0 aliphatic carbocycles. The summed E-state index contributed by atoms with van der Waals surface area (Å²) in [5.41, 5.74) is 1.88. The maximum absolute atomic E-state index is 13.0. The van der Waals surface area contributed by atoms with Gasteiger partial charge in [-0.2, -0.15) is 0 Å². The zero-order valence-corrected chi connectivity index (χ0v) is 18.5. The minimum absolute atomic E-state index is 0.0288. The summed E-state index contributed by atoms with van der Waals surface area (Å²) in [5.74, 6) is 5.51. The number of ether oxygens (including phenoxy) is 2. The summed E-state index contributed by atoms with van der Waals surface area (Å²) in [6, 6.07) is 16.0. The van der Waals surface area contributed by atoms with Crippen LogP contribution in [0, 0.1) is 18.8 Å². The topological polar surface area (TPSA) is 102 Å². The van der Waals surface area contributed by atoms with E-state index >= 15 is 0 Å². The molecule has 164 valence electrons. The predicted octanol–water partition coefficient (Wildman–Crippen LogP) is 3.91. The van der Waals surface area contributed by atoms with Gasteiger partial charge in [-0.3, -0.25) is 4.72 Å². The molecule has 0 aromatic heterocycles. The van der Waals surface area contributed by atoms with E-state index in [1.165, 1.54) is 32.4 Å². The highest BCUT2D eigenvalue weighted by atomic mass is 32.2. The third kappa shape index (κ3) is 5.02. The highest BCUT2D eigenvalue weighted by Crippen LogP contribution is 2.25. The predicted molar refractivity (Wildman–Crippen MR) is 121 cm³/mol. The molecule has 0 aliphatic rings. The highest BCUT2D eigenvalue weighted by molar-refractivity contribution is 7.92. The van der Waals surface area contributed by atoms with Gasteiger partial charge in [0.25, 0.3) is 10.0 Å². The van der Waals surface area contributed by atoms with E-state index in [4.69, 9.17) is 9.47 Å². The van der Waals surface area contributed by atoms with Crippen molar-refractivity contribution in [2.24, 2.45) is 0 Å². The van der Waals surface area contributed by atoms with Gasteiger partial charge in [-0.25, -0.2) is 13.2 Å². The van der Waals surface area contributed by atoms with Crippen molar-refractivity contribution < 1.29 is 27.8 Å². The van der Waals surface area contributed by atoms with Gasteiger partial charge in [0.2, 0.25) is 0 Å². The van der Waals surface area contributed by atoms with E-state index in [-0.39, 0.29) is 16.2 Å². The number of sulfonamides is 1. The summed E-state index contributed by atoms with van der Waals surface area (Å²) in [4.78, 5) is 11.4. The van der Waals surface area contributed by atoms with Crippen LogP contribution < -0.4 is 14.2 Å². The number of benzene rings is 3. The fourth-order valence-corrected chi connectivity index (χ4v) is 4.32. The van der Waals surface area contributed by atoms with E-state index in [1.54, 1.807) is 49.4 Å². The van der Waals surface area contributed by atoms with E-state index in [0.29, 0.717) is 28.1 Å². The van der Waals surface area contributed by atoms with Crippen molar-refractivity contribution in [3.63, 3.8) is 0 Å². The minimum atomic E-state index is -3.86. The van der Waals surface area contributed by atoms with Gasteiger partial charge in [0.1, 0.15) is 17.1 Å². The molecule has 7 nitrogen and oxygen atoms in total. The lowest BCUT2D eigenvalue weighted by Crippen LogP contribution is -2.15. The van der Waals surface area contributed by atoms with Crippen LogP contribution >= 0.6 is 0 Å². The van der Waals surface area contributed by atoms with Crippen LogP contribution in [-0.4, -0.2) is 33.7 Å². The number of nitrogens with one attached hydrogen (secondary N) is 1. The molecule has 0 heterocycles. The summed E-state index contributed by atoms with van der Waals surface area (Å²) in [5, 5.41) is 9.19. The smallest absolute Gasteiger partial charge is 0.339 e. The first kappa shape index (κ1) is 22.7. The molecule has 8 heteroatoms. The number of hydrogen-bond acceptors (Lipinski definition) is 5. The third-order valence-electron chi connectivity index (χ3n) is 4.62. The van der Waals surface area contributed by atoms with Gasteiger partial charge in [0.15, 0.2) is 0 Å². The number of carboxylic acids is 1. The van der Waals surface area contributed by atoms with E-state index in [2.05, 4.69) is 16.6 Å². The van der Waals surface area contributed by atoms with Gasteiger partial charge in [0.05, 0.1) is 24.8 Å². The normalized spacial score (nSPS) is 10.6.